The van der Waals surface area contributed by atoms with Crippen LogP contribution in [0.1, 0.15) is 32.1 Å². The molecule has 0 saturated carbocycles. The zero-order valence-electron chi connectivity index (χ0n) is 12.3. The molecule has 1 aliphatic rings. The zero-order chi connectivity index (χ0) is 14.7. The van der Waals surface area contributed by atoms with Crippen molar-refractivity contribution in [3.05, 3.63) is 0 Å². The Bertz CT molecular complexity index is 239. The zero-order valence-corrected chi connectivity index (χ0v) is 13.9. The van der Waals surface area contributed by atoms with Crippen molar-refractivity contribution in [2.75, 3.05) is 40.0 Å². The minimum Gasteiger partial charge on any atom is -0.550 e. The number of carboxylic acid groups (broad SMARTS) is 1. The summed E-state index contributed by atoms with van der Waals surface area (Å²) in [4.78, 5) is 10.1. The fourth-order valence-electron chi connectivity index (χ4n) is 1.51. The predicted octanol–water partition coefficient (Wildman–Crippen LogP) is 1.14. The molecule has 1 atom stereocenters. The third kappa shape index (κ3) is 14.3. The number of likely N-dealkylation sites (N-methyl/N-ethyl adjacent to an activating group) is 1. The highest BCUT2D eigenvalue weighted by Crippen LogP contribution is 2.39. The molecular formula is C13H27NO3S2. The van der Waals surface area contributed by atoms with Gasteiger partial charge in [0, 0.05) is 17.0 Å². The Hall–Kier alpha value is 0.0900. The number of aliphatic hydroxyl groups excluding tert-OH is 1. The van der Waals surface area contributed by atoms with Gasteiger partial charge in [-0.05, 0) is 25.7 Å². The number of hydrogen-bond donors (Lipinski definition) is 1. The standard InChI is InChI=1S/C8H14O2S2.C5H14NO/c9-8(10)4-2-1-3-7-5-6-11-12-7;1-6(2,3)4-5-7/h7H,1-6H2,(H,9,10);7H,4-5H2,1-3H3/q;+1/p-1/t7-;/m0./s1. The van der Waals surface area contributed by atoms with Crippen LogP contribution in [0.3, 0.4) is 0 Å². The minimum atomic E-state index is -0.913. The van der Waals surface area contributed by atoms with Gasteiger partial charge < -0.3 is 19.5 Å². The van der Waals surface area contributed by atoms with Crippen molar-refractivity contribution in [2.24, 2.45) is 0 Å². The highest BCUT2D eigenvalue weighted by Gasteiger charge is 2.15. The Kier molecular flexibility index (Phi) is 10.9. The molecule has 1 rings (SSSR count). The lowest BCUT2D eigenvalue weighted by atomic mass is 10.1. The SMILES string of the molecule is C[N+](C)(C)CCO.O=C([O-])CCCC[C@H]1CCSS1. The molecule has 1 N–H and O–H groups in total. The summed E-state index contributed by atoms with van der Waals surface area (Å²) < 4.78 is 0.844. The van der Waals surface area contributed by atoms with Crippen LogP contribution in [-0.4, -0.2) is 60.9 Å². The van der Waals surface area contributed by atoms with E-state index in [1.54, 1.807) is 0 Å². The van der Waals surface area contributed by atoms with Crippen LogP contribution in [0.5, 0.6) is 0 Å². The molecule has 0 aromatic heterocycles. The number of aliphatic carboxylic acids is 1. The molecule has 6 heteroatoms. The van der Waals surface area contributed by atoms with Crippen LogP contribution in [0.25, 0.3) is 0 Å². The van der Waals surface area contributed by atoms with Crippen molar-refractivity contribution in [3.8, 4) is 0 Å². The molecule has 0 spiro atoms. The molecule has 1 saturated heterocycles. The quantitative estimate of drug-likeness (QED) is 0.434. The average molecular weight is 309 g/mol. The van der Waals surface area contributed by atoms with Gasteiger partial charge in [0.2, 0.25) is 0 Å². The second-order valence-electron chi connectivity index (χ2n) is 5.68. The van der Waals surface area contributed by atoms with E-state index >= 15 is 0 Å². The largest absolute Gasteiger partial charge is 0.550 e. The summed E-state index contributed by atoms with van der Waals surface area (Å²) in [5.41, 5.74) is 0. The number of carbonyl (C=O) groups is 1. The molecule has 19 heavy (non-hydrogen) atoms. The van der Waals surface area contributed by atoms with Crippen molar-refractivity contribution in [3.63, 3.8) is 0 Å². The molecule has 0 amide bonds. The number of nitrogens with zero attached hydrogens (tertiary/aromatic N) is 1. The van der Waals surface area contributed by atoms with E-state index in [4.69, 9.17) is 5.11 Å². The topological polar surface area (TPSA) is 60.4 Å². The second kappa shape index (κ2) is 10.8. The number of carboxylic acids is 1. The molecule has 0 bridgehead atoms. The van der Waals surface area contributed by atoms with E-state index in [9.17, 15) is 9.90 Å². The van der Waals surface area contributed by atoms with E-state index < -0.39 is 5.97 Å². The summed E-state index contributed by atoms with van der Waals surface area (Å²) in [5.74, 6) is 0.346. The van der Waals surface area contributed by atoms with E-state index in [1.165, 1.54) is 18.6 Å². The number of hydrogen-bond acceptors (Lipinski definition) is 5. The second-order valence-corrected chi connectivity index (χ2v) is 8.47. The Morgan fingerprint density at radius 2 is 2.05 bits per heavy atom. The number of quaternary nitrogens is 1. The van der Waals surface area contributed by atoms with Gasteiger partial charge in [-0.15, -0.1) is 0 Å². The monoisotopic (exact) mass is 309 g/mol. The third-order valence-electron chi connectivity index (χ3n) is 2.66. The first-order valence-corrected chi connectivity index (χ1v) is 9.13. The lowest BCUT2D eigenvalue weighted by Crippen LogP contribution is -2.36. The molecule has 0 aromatic rings. The van der Waals surface area contributed by atoms with Gasteiger partial charge in [0.1, 0.15) is 6.54 Å². The van der Waals surface area contributed by atoms with Gasteiger partial charge >= 0.3 is 0 Å². The van der Waals surface area contributed by atoms with Crippen molar-refractivity contribution in [2.45, 2.75) is 37.4 Å². The summed E-state index contributed by atoms with van der Waals surface area (Å²) in [5, 5.41) is 19.2. The number of carbonyl (C=O) groups excluding carboxylic acids is 1. The van der Waals surface area contributed by atoms with Crippen molar-refractivity contribution in [1.29, 1.82) is 0 Å². The summed E-state index contributed by atoms with van der Waals surface area (Å²) in [6, 6.07) is 0. The van der Waals surface area contributed by atoms with E-state index in [0.29, 0.717) is 0 Å². The lowest BCUT2D eigenvalue weighted by molar-refractivity contribution is -0.870. The van der Waals surface area contributed by atoms with E-state index in [-0.39, 0.29) is 13.0 Å². The minimum absolute atomic E-state index is 0.227. The van der Waals surface area contributed by atoms with Crippen LogP contribution >= 0.6 is 21.6 Å². The lowest BCUT2D eigenvalue weighted by Gasteiger charge is -2.21. The van der Waals surface area contributed by atoms with Crippen LogP contribution < -0.4 is 5.11 Å². The number of unbranched alkanes of at least 4 members (excludes halogenated alkanes) is 1. The van der Waals surface area contributed by atoms with Crippen molar-refractivity contribution >= 4 is 27.6 Å². The molecule has 0 radical (unpaired) electrons. The van der Waals surface area contributed by atoms with E-state index in [1.807, 2.05) is 21.6 Å². The van der Waals surface area contributed by atoms with Crippen LogP contribution in [0.2, 0.25) is 0 Å². The molecule has 0 unspecified atom stereocenters. The van der Waals surface area contributed by atoms with Crippen LogP contribution in [-0.2, 0) is 4.79 Å². The predicted molar refractivity (Wildman–Crippen MR) is 81.9 cm³/mol. The normalized spacial score (nSPS) is 18.8. The van der Waals surface area contributed by atoms with Gasteiger partial charge in [0.25, 0.3) is 0 Å². The van der Waals surface area contributed by atoms with E-state index in [2.05, 4.69) is 21.1 Å². The van der Waals surface area contributed by atoms with Gasteiger partial charge in [-0.25, -0.2) is 0 Å². The summed E-state index contributed by atoms with van der Waals surface area (Å²) in [6.45, 7) is 1.11. The fraction of sp³-hybridized carbons (Fsp3) is 0.923. The first-order valence-electron chi connectivity index (χ1n) is 6.74. The molecule has 1 heterocycles. The fourth-order valence-corrected chi connectivity index (χ4v) is 4.53. The maximum atomic E-state index is 10.1. The van der Waals surface area contributed by atoms with Crippen LogP contribution in [0.15, 0.2) is 0 Å². The van der Waals surface area contributed by atoms with Crippen LogP contribution in [0.4, 0.5) is 0 Å². The Morgan fingerprint density at radius 3 is 2.42 bits per heavy atom. The van der Waals surface area contributed by atoms with Gasteiger partial charge in [0.15, 0.2) is 0 Å². The smallest absolute Gasteiger partial charge is 0.101 e. The highest BCUT2D eigenvalue weighted by atomic mass is 33.1. The van der Waals surface area contributed by atoms with E-state index in [0.717, 1.165) is 29.1 Å². The van der Waals surface area contributed by atoms with Gasteiger partial charge in [-0.2, -0.15) is 0 Å². The molecule has 1 fully saturated rings. The Morgan fingerprint density at radius 1 is 1.37 bits per heavy atom. The molecule has 4 nitrogen and oxygen atoms in total. The maximum Gasteiger partial charge on any atom is 0.101 e. The Balaban J connectivity index is 0.000000399. The highest BCUT2D eigenvalue weighted by molar-refractivity contribution is 8.77. The Labute approximate surface area is 124 Å². The molecule has 114 valence electrons. The summed E-state index contributed by atoms with van der Waals surface area (Å²) >= 11 is 0. The van der Waals surface area contributed by atoms with Gasteiger partial charge in [-0.3, -0.25) is 0 Å². The third-order valence-corrected chi connectivity index (χ3v) is 5.66. The van der Waals surface area contributed by atoms with Gasteiger partial charge in [0.05, 0.1) is 27.7 Å². The number of aliphatic hydroxyl groups is 1. The van der Waals surface area contributed by atoms with Crippen molar-refractivity contribution in [1.82, 2.24) is 0 Å². The van der Waals surface area contributed by atoms with Crippen LogP contribution in [0, 0.1) is 0 Å². The summed E-state index contributed by atoms with van der Waals surface area (Å²) in [6.07, 6.45) is 4.51. The first-order chi connectivity index (χ1) is 8.85. The molecular weight excluding hydrogens is 282 g/mol. The molecule has 0 aromatic carbocycles. The molecule has 1 aliphatic heterocycles. The summed E-state index contributed by atoms with van der Waals surface area (Å²) in [7, 11) is 10.0. The molecule has 0 aliphatic carbocycles. The van der Waals surface area contributed by atoms with Gasteiger partial charge in [-0.1, -0.05) is 28.0 Å². The average Bonchev–Trinajstić information content (AvgIpc) is 2.76. The van der Waals surface area contributed by atoms with Crippen molar-refractivity contribution < 1.29 is 19.5 Å². The number of rotatable bonds is 7. The maximum absolute atomic E-state index is 10.1. The first kappa shape index (κ1) is 19.1.